The summed E-state index contributed by atoms with van der Waals surface area (Å²) in [5.41, 5.74) is -0.0333. The molecule has 0 aromatic heterocycles. The summed E-state index contributed by atoms with van der Waals surface area (Å²) in [5, 5.41) is 8.92. The second-order valence-corrected chi connectivity index (χ2v) is 4.78. The van der Waals surface area contributed by atoms with Gasteiger partial charge in [-0.05, 0) is 18.2 Å². The minimum Gasteiger partial charge on any atom is -0.376 e. The third-order valence-electron chi connectivity index (χ3n) is 2.38. The number of rotatable bonds is 2. The zero-order valence-electron chi connectivity index (χ0n) is 8.32. The number of benzene rings is 1. The summed E-state index contributed by atoms with van der Waals surface area (Å²) in [6.07, 6.45) is 0. The molecule has 17 heavy (non-hydrogen) atoms. The first kappa shape index (κ1) is 11.7. The van der Waals surface area contributed by atoms with E-state index in [0.717, 1.165) is 17.0 Å². The number of hydrogen-bond donors (Lipinski definition) is 2. The lowest BCUT2D eigenvalue weighted by atomic mass is 10.1. The van der Waals surface area contributed by atoms with Crippen LogP contribution in [0.2, 0.25) is 0 Å². The van der Waals surface area contributed by atoms with Crippen molar-refractivity contribution in [1.29, 1.82) is 0 Å². The van der Waals surface area contributed by atoms with Crippen LogP contribution in [0, 0.1) is 0 Å². The average molecular weight is 257 g/mol. The molecule has 0 saturated heterocycles. The summed E-state index contributed by atoms with van der Waals surface area (Å²) < 4.78 is 30.5. The lowest BCUT2D eigenvalue weighted by Gasteiger charge is -2.11. The largest absolute Gasteiger partial charge is 0.376 e. The van der Waals surface area contributed by atoms with Gasteiger partial charge in [-0.2, -0.15) is 8.42 Å². The van der Waals surface area contributed by atoms with E-state index in [9.17, 15) is 18.0 Å². The highest BCUT2D eigenvalue weighted by molar-refractivity contribution is 7.85. The molecule has 0 saturated carbocycles. The molecule has 1 aromatic rings. The van der Waals surface area contributed by atoms with Gasteiger partial charge < -0.3 is 5.11 Å². The first-order valence-corrected chi connectivity index (χ1v) is 5.89. The number of aliphatic hydroxyl groups is 1. The highest BCUT2D eigenvalue weighted by Crippen LogP contribution is 2.30. The summed E-state index contributed by atoms with van der Waals surface area (Å²) in [6, 6.07) is 3.13. The fourth-order valence-electron chi connectivity index (χ4n) is 1.58. The maximum absolute atomic E-state index is 11.5. The Labute approximate surface area is 96.0 Å². The predicted octanol–water partition coefficient (Wildman–Crippen LogP) is -0.588. The van der Waals surface area contributed by atoms with E-state index >= 15 is 0 Å². The monoisotopic (exact) mass is 257 g/mol. The van der Waals surface area contributed by atoms with Crippen molar-refractivity contribution in [3.05, 3.63) is 23.8 Å². The fourth-order valence-corrected chi connectivity index (χ4v) is 2.09. The molecular formula is C9H7NO6S. The number of ketones is 1. The molecule has 0 bridgehead atoms. The summed E-state index contributed by atoms with van der Waals surface area (Å²) in [6.45, 7) is -0.678. The van der Waals surface area contributed by atoms with Crippen molar-refractivity contribution in [2.75, 3.05) is 11.6 Å². The lowest BCUT2D eigenvalue weighted by molar-refractivity contribution is -0.114. The number of aliphatic hydroxyl groups excluding tert-OH is 1. The van der Waals surface area contributed by atoms with E-state index in [1.807, 2.05) is 0 Å². The van der Waals surface area contributed by atoms with E-state index in [1.54, 1.807) is 0 Å². The van der Waals surface area contributed by atoms with E-state index in [2.05, 4.69) is 0 Å². The van der Waals surface area contributed by atoms with Crippen molar-refractivity contribution in [2.24, 2.45) is 0 Å². The minimum absolute atomic E-state index is 0.120. The van der Waals surface area contributed by atoms with Gasteiger partial charge in [0.2, 0.25) is 0 Å². The first-order chi connectivity index (χ1) is 7.86. The van der Waals surface area contributed by atoms with Crippen LogP contribution < -0.4 is 4.90 Å². The van der Waals surface area contributed by atoms with Gasteiger partial charge >= 0.3 is 5.91 Å². The predicted molar refractivity (Wildman–Crippen MR) is 55.2 cm³/mol. The topological polar surface area (TPSA) is 112 Å². The van der Waals surface area contributed by atoms with E-state index in [4.69, 9.17) is 9.66 Å². The van der Waals surface area contributed by atoms with Crippen LogP contribution in [0.3, 0.4) is 0 Å². The van der Waals surface area contributed by atoms with Crippen LogP contribution in [0.15, 0.2) is 23.1 Å². The van der Waals surface area contributed by atoms with Crippen molar-refractivity contribution < 1.29 is 27.7 Å². The Morgan fingerprint density at radius 2 is 1.88 bits per heavy atom. The highest BCUT2D eigenvalue weighted by Gasteiger charge is 2.36. The molecule has 0 unspecified atom stereocenters. The van der Waals surface area contributed by atoms with Gasteiger partial charge in [0.1, 0.15) is 6.73 Å². The third-order valence-corrected chi connectivity index (χ3v) is 3.23. The number of carbonyl (C=O) groups is 2. The van der Waals surface area contributed by atoms with Crippen LogP contribution in [0.25, 0.3) is 0 Å². The van der Waals surface area contributed by atoms with E-state index < -0.39 is 33.4 Å². The third kappa shape index (κ3) is 1.71. The van der Waals surface area contributed by atoms with Crippen molar-refractivity contribution >= 4 is 27.5 Å². The number of Topliss-reactive ketones (excluding diaryl/α,β-unsaturated/α-hetero) is 1. The minimum atomic E-state index is -4.43. The van der Waals surface area contributed by atoms with Gasteiger partial charge in [0.15, 0.2) is 0 Å². The Bertz CT molecular complexity index is 620. The maximum Gasteiger partial charge on any atom is 0.301 e. The van der Waals surface area contributed by atoms with E-state index in [1.165, 1.54) is 6.07 Å². The molecule has 0 spiro atoms. The molecule has 1 aliphatic rings. The van der Waals surface area contributed by atoms with Crippen LogP contribution >= 0.6 is 0 Å². The molecule has 0 aliphatic carbocycles. The second-order valence-electron chi connectivity index (χ2n) is 3.36. The fraction of sp³-hybridized carbons (Fsp3) is 0.111. The van der Waals surface area contributed by atoms with Gasteiger partial charge in [-0.1, -0.05) is 0 Å². The summed E-state index contributed by atoms with van der Waals surface area (Å²) in [7, 11) is -4.43. The van der Waals surface area contributed by atoms with Crippen molar-refractivity contribution in [3.63, 3.8) is 0 Å². The molecule has 7 nitrogen and oxygen atoms in total. The van der Waals surface area contributed by atoms with Gasteiger partial charge in [-0.3, -0.25) is 19.0 Å². The molecule has 2 N–H and O–H groups in total. The van der Waals surface area contributed by atoms with E-state index in [-0.39, 0.29) is 11.3 Å². The number of hydrogen-bond acceptors (Lipinski definition) is 5. The lowest BCUT2D eigenvalue weighted by Crippen LogP contribution is -2.30. The quantitative estimate of drug-likeness (QED) is 0.541. The Kier molecular flexibility index (Phi) is 2.49. The molecule has 1 heterocycles. The Hall–Kier alpha value is -1.77. The maximum atomic E-state index is 11.5. The van der Waals surface area contributed by atoms with Gasteiger partial charge in [-0.25, -0.2) is 0 Å². The summed E-state index contributed by atoms with van der Waals surface area (Å²) in [5.74, 6) is -1.85. The van der Waals surface area contributed by atoms with Crippen LogP contribution in [0.5, 0.6) is 0 Å². The molecule has 90 valence electrons. The Morgan fingerprint density at radius 1 is 1.24 bits per heavy atom. The van der Waals surface area contributed by atoms with Gasteiger partial charge in [0, 0.05) is 0 Å². The zero-order chi connectivity index (χ0) is 12.8. The van der Waals surface area contributed by atoms with Gasteiger partial charge in [0.25, 0.3) is 15.9 Å². The molecule has 0 radical (unpaired) electrons. The van der Waals surface area contributed by atoms with Gasteiger partial charge in [-0.15, -0.1) is 0 Å². The standard InChI is InChI=1S/C9H7NO6S/c11-4-10-7-2-1-5(17(14,15)16)3-6(7)8(12)9(10)13/h1-3,11H,4H2,(H,14,15,16). The number of nitrogens with zero attached hydrogens (tertiary/aromatic N) is 1. The van der Waals surface area contributed by atoms with E-state index in [0.29, 0.717) is 0 Å². The van der Waals surface area contributed by atoms with Gasteiger partial charge in [0.05, 0.1) is 16.1 Å². The summed E-state index contributed by atoms with van der Waals surface area (Å²) >= 11 is 0. The van der Waals surface area contributed by atoms with Crippen LogP contribution in [0.1, 0.15) is 10.4 Å². The molecule has 0 fully saturated rings. The zero-order valence-corrected chi connectivity index (χ0v) is 9.14. The second kappa shape index (κ2) is 3.62. The average Bonchev–Trinajstić information content (AvgIpc) is 2.50. The Morgan fingerprint density at radius 3 is 2.41 bits per heavy atom. The molecule has 1 amide bonds. The van der Waals surface area contributed by atoms with Crippen molar-refractivity contribution in [3.8, 4) is 0 Å². The smallest absolute Gasteiger partial charge is 0.301 e. The molecular weight excluding hydrogens is 250 g/mol. The van der Waals surface area contributed by atoms with Crippen LogP contribution in [-0.2, 0) is 14.9 Å². The highest BCUT2D eigenvalue weighted by atomic mass is 32.2. The molecule has 8 heteroatoms. The first-order valence-electron chi connectivity index (χ1n) is 4.45. The Balaban J connectivity index is 2.64. The van der Waals surface area contributed by atoms with Crippen molar-refractivity contribution in [2.45, 2.75) is 4.90 Å². The van der Waals surface area contributed by atoms with Crippen molar-refractivity contribution in [1.82, 2.24) is 0 Å². The molecule has 0 atom stereocenters. The normalized spacial score (nSPS) is 15.3. The number of amides is 1. The number of anilines is 1. The number of carbonyl (C=O) groups excluding carboxylic acids is 2. The number of fused-ring (bicyclic) bond motifs is 1. The molecule has 1 aromatic carbocycles. The SMILES string of the molecule is O=C1C(=O)N(CO)c2ccc(S(=O)(=O)O)cc21. The molecule has 2 rings (SSSR count). The summed E-state index contributed by atoms with van der Waals surface area (Å²) in [4.78, 5) is 23.2. The molecule has 1 aliphatic heterocycles. The van der Waals surface area contributed by atoms with Crippen LogP contribution in [-0.4, -0.2) is 36.5 Å². The van der Waals surface area contributed by atoms with Crippen LogP contribution in [0.4, 0.5) is 5.69 Å².